The number of urea groups is 2. The predicted molar refractivity (Wildman–Crippen MR) is 435 cm³/mol. The van der Waals surface area contributed by atoms with Gasteiger partial charge in [-0.1, -0.05) is 58.5 Å². The molecule has 6 heterocycles. The van der Waals surface area contributed by atoms with Gasteiger partial charge in [-0.25, -0.2) is 43.4 Å². The van der Waals surface area contributed by atoms with E-state index in [9.17, 15) is 105 Å². The molecule has 2 saturated heterocycles. The van der Waals surface area contributed by atoms with Crippen LogP contribution >= 0.6 is 0 Å². The number of aromatic nitrogens is 8. The predicted octanol–water partition coefficient (Wildman–Crippen LogP) is -0.455. The van der Waals surface area contributed by atoms with E-state index in [1.165, 1.54) is 18.2 Å². The fraction of sp³-hybridized carbons (Fsp3) is 0.351. The second-order valence-electron chi connectivity index (χ2n) is 26.3. The van der Waals surface area contributed by atoms with E-state index in [0.717, 1.165) is 99.0 Å². The molecular weight excluding hydrogens is 1640 g/mol. The first kappa shape index (κ1) is 106. The SMILES string of the molecule is C=CC(=O)OCC.CC(C)c1cc(C(=N)N(C(N)=O)c2ccc(CN3CCN(C(=O)CCn4cc(F)c(=O)[nH]c4=O)CC3)cc2)c(O)cc1O.CC(C)c1cc(C(=N)N(C(N)=O)c2ccc(CN3CCNCC3)cc2)c(O)cc1O.CCOC(=O)CCn1cc(F)c(=O)[nH]c1=O.CO.O=C(O)CCn1cc(F)c(=O)[nH]c1=O.O=c1[nH]cc(F)c(=O)[nH]1.[Na+].[OH-]. The number of phenols is 4. The molecule has 8 aromatic rings. The van der Waals surface area contributed by atoms with Crippen LogP contribution in [0.25, 0.3) is 0 Å². The number of rotatable bonds is 22. The first-order valence-corrected chi connectivity index (χ1v) is 36.8. The third kappa shape index (κ3) is 33.4. The van der Waals surface area contributed by atoms with Crippen LogP contribution in [0.5, 0.6) is 23.0 Å². The Balaban J connectivity index is 0.000000552. The van der Waals surface area contributed by atoms with Gasteiger partial charge in [0.15, 0.2) is 0 Å². The third-order valence-corrected chi connectivity index (χ3v) is 17.2. The summed E-state index contributed by atoms with van der Waals surface area (Å²) >= 11 is 0. The summed E-state index contributed by atoms with van der Waals surface area (Å²) in [6.45, 7) is 21.9. The number of aliphatic hydroxyl groups is 1. The molecule has 0 radical (unpaired) electrons. The summed E-state index contributed by atoms with van der Waals surface area (Å²) < 4.78 is 62.6. The number of carboxylic acid groups (broad SMARTS) is 1. The van der Waals surface area contributed by atoms with Crippen molar-refractivity contribution >= 4 is 58.9 Å². The molecule has 2 aliphatic heterocycles. The molecule has 0 aliphatic carbocycles. The zero-order chi connectivity index (χ0) is 90.7. The summed E-state index contributed by atoms with van der Waals surface area (Å²) in [7, 11) is 1.00. The van der Waals surface area contributed by atoms with Crippen LogP contribution in [0.15, 0.2) is 149 Å². The number of hydrogen-bond donors (Lipinski definition) is 16. The zero-order valence-corrected chi connectivity index (χ0v) is 70.3. The van der Waals surface area contributed by atoms with Crippen molar-refractivity contribution < 1.29 is 121 Å². The van der Waals surface area contributed by atoms with Crippen molar-refractivity contribution in [3.05, 3.63) is 250 Å². The maximum absolute atomic E-state index is 13.5. The van der Waals surface area contributed by atoms with Crippen LogP contribution < -0.4 is 101 Å². The van der Waals surface area contributed by atoms with Gasteiger partial charge >= 0.3 is 82.3 Å². The number of amides is 5. The number of H-pyrrole nitrogens is 5. The summed E-state index contributed by atoms with van der Waals surface area (Å²) in [4.78, 5) is 172. The van der Waals surface area contributed by atoms with Gasteiger partial charge in [-0.2, -0.15) is 17.6 Å². The molecule has 2 fully saturated rings. The zero-order valence-electron chi connectivity index (χ0n) is 68.3. The van der Waals surface area contributed by atoms with Crippen LogP contribution in [0.2, 0.25) is 0 Å². The monoisotopic (exact) mass is 1740 g/mol. The Hall–Kier alpha value is -13.2. The number of ether oxygens (including phenoxy) is 2. The van der Waals surface area contributed by atoms with Gasteiger partial charge in [-0.05, 0) is 84.3 Å². The molecule has 41 nitrogen and oxygen atoms in total. The fourth-order valence-electron chi connectivity index (χ4n) is 11.1. The molecule has 5 amide bonds. The summed E-state index contributed by atoms with van der Waals surface area (Å²) in [5.41, 5.74) is 7.90. The molecule has 0 bridgehead atoms. The summed E-state index contributed by atoms with van der Waals surface area (Å²) in [5, 5.41) is 76.6. The third-order valence-electron chi connectivity index (χ3n) is 17.2. The van der Waals surface area contributed by atoms with E-state index in [4.69, 9.17) is 32.5 Å². The average molecular weight is 1740 g/mol. The Morgan fingerprint density at radius 3 is 1.24 bits per heavy atom. The fourth-order valence-corrected chi connectivity index (χ4v) is 11.1. The number of phenolic OH excluding ortho intramolecular Hbond substituents is 4. The van der Waals surface area contributed by atoms with Gasteiger partial charge in [0.25, 0.3) is 22.2 Å². The number of nitrogens with two attached hydrogens (primary N) is 2. The maximum Gasteiger partial charge on any atom is 1.00 e. The molecule has 0 saturated carbocycles. The minimum absolute atomic E-state index is 0. The number of aliphatic carboxylic acids is 1. The molecule has 662 valence electrons. The first-order chi connectivity index (χ1) is 57.2. The second kappa shape index (κ2) is 52.1. The normalized spacial score (nSPS) is 12.0. The quantitative estimate of drug-likeness (QED) is 0.0102. The Morgan fingerprint density at radius 2 is 0.902 bits per heavy atom. The molecule has 4 aromatic heterocycles. The Morgan fingerprint density at radius 1 is 0.537 bits per heavy atom. The number of piperazine rings is 2. The smallest absolute Gasteiger partial charge is 0.870 e. The molecule has 123 heavy (non-hydrogen) atoms. The van der Waals surface area contributed by atoms with E-state index >= 15 is 0 Å². The number of hydrogen-bond acceptors (Lipinski definition) is 27. The van der Waals surface area contributed by atoms with E-state index in [0.29, 0.717) is 74.2 Å². The van der Waals surface area contributed by atoms with E-state index in [2.05, 4.69) is 31.2 Å². The topological polar surface area (TPSA) is 631 Å². The number of aromatic amines is 5. The van der Waals surface area contributed by atoms with Crippen molar-refractivity contribution in [2.24, 2.45) is 11.5 Å². The van der Waals surface area contributed by atoms with E-state index in [1.54, 1.807) is 70.1 Å². The van der Waals surface area contributed by atoms with Gasteiger partial charge in [0.05, 0.1) is 67.1 Å². The Bertz CT molecular complexity index is 5450. The molecule has 2 aliphatic rings. The van der Waals surface area contributed by atoms with Crippen molar-refractivity contribution in [3.8, 4) is 23.0 Å². The van der Waals surface area contributed by atoms with Crippen molar-refractivity contribution in [3.63, 3.8) is 0 Å². The van der Waals surface area contributed by atoms with Gasteiger partial charge in [0, 0.05) is 123 Å². The van der Waals surface area contributed by atoms with Crippen LogP contribution in [0, 0.1) is 34.1 Å². The minimum atomic E-state index is -1.12. The summed E-state index contributed by atoms with van der Waals surface area (Å²) in [6, 6.07) is 17.8. The molecular formula is C77H97F4N18NaO23. The average Bonchev–Trinajstić information content (AvgIpc) is 0.796. The van der Waals surface area contributed by atoms with E-state index < -0.39 is 92.3 Å². The number of aryl methyl sites for hydroxylation is 3. The Labute approximate surface area is 718 Å². The molecule has 4 aromatic carbocycles. The van der Waals surface area contributed by atoms with Gasteiger partial charge in [-0.15, -0.1) is 0 Å². The van der Waals surface area contributed by atoms with Crippen molar-refractivity contribution in [2.45, 2.75) is 105 Å². The number of esters is 2. The second-order valence-corrected chi connectivity index (χ2v) is 26.3. The van der Waals surface area contributed by atoms with Gasteiger partial charge in [0.2, 0.25) is 29.2 Å². The van der Waals surface area contributed by atoms with Crippen molar-refractivity contribution in [1.29, 1.82) is 10.8 Å². The van der Waals surface area contributed by atoms with E-state index in [-0.39, 0.29) is 150 Å². The molecule has 0 spiro atoms. The van der Waals surface area contributed by atoms with Gasteiger partial charge in [-0.3, -0.25) is 87.8 Å². The van der Waals surface area contributed by atoms with Crippen LogP contribution in [0.4, 0.5) is 38.5 Å². The number of amidine groups is 2. The number of primary amides is 2. The number of carboxylic acids is 1. The maximum atomic E-state index is 13.5. The number of carbonyl (C=O) groups excluding carboxylic acids is 5. The molecule has 46 heteroatoms. The van der Waals surface area contributed by atoms with Crippen LogP contribution in [-0.4, -0.2) is 210 Å². The number of nitrogens with one attached hydrogen (secondary N) is 8. The molecule has 0 unspecified atom stereocenters. The number of nitrogens with zero attached hydrogens (tertiary/aromatic N) is 8. The molecule has 0 atom stereocenters. The minimum Gasteiger partial charge on any atom is -0.870 e. The van der Waals surface area contributed by atoms with Crippen molar-refractivity contribution in [1.82, 2.24) is 58.6 Å². The number of halogens is 4. The largest absolute Gasteiger partial charge is 1.00 e. The standard InChI is InChI=1S/C29H34FN7O6.C22H29N5O3.C9H11FN2O4.C7H7FN2O4.C5H8O2.C4H3FN2O2.CH4O.Na.H2O/c1-17(2)20-13-21(24(39)14-23(20)38)26(31)37(28(32)42)19-5-3-18(4-6-19)15-34-9-11-35(12-10-34)25(40)7-8-36-16-22(30)27(41)33-29(36)43;1-14(2)17-11-18(20(29)12-19(17)28)21(23)27(22(24)30)16-5-3-15(4-6-16)13-26-9-7-25-8-10-26;1-2-16-7(13)3-4-12-5-6(10)8(14)11-9(12)15;8-4-3-10(2-1-5(11)12)7(14)9-6(4)13;1-3-5(6)7-4-2;5-2-1-6-4(9)7-3(2)8;1-2;;/h3-6,13-14,16-17,31,38-39H,7-12,15H2,1-2H3,(H2,32,42)(H,33,41,43);3-6,11-12,14,23,25,28-29H,7-10,13H2,1-2H3,(H2,24,30);5H,2-4H2,1H3,(H,11,14,15);3H,1-2H2,(H,11,12)(H,9,13,14);3H,1,4H2,2H3;1H,(H2,6,7,8,9);2H,1H3;;1H2/q;;;;;;;+1;/p-1. The number of aromatic hydroxyl groups is 4. The van der Waals surface area contributed by atoms with Gasteiger partial charge < -0.3 is 72.3 Å². The Kier molecular flexibility index (Phi) is 44.9. The molecule has 19 N–H and O–H groups in total. The van der Waals surface area contributed by atoms with Crippen LogP contribution in [0.1, 0.15) is 106 Å². The van der Waals surface area contributed by atoms with Gasteiger partial charge in [0.1, 0.15) is 34.7 Å². The first-order valence-electron chi connectivity index (χ1n) is 36.8. The van der Waals surface area contributed by atoms with Crippen molar-refractivity contribution in [2.75, 3.05) is 82.5 Å². The number of anilines is 2. The van der Waals surface area contributed by atoms with Crippen LogP contribution in [0.3, 0.4) is 0 Å². The number of benzene rings is 4. The van der Waals surface area contributed by atoms with E-state index in [1.807, 2.05) is 49.8 Å². The summed E-state index contributed by atoms with van der Waals surface area (Å²) in [6.07, 6.45) is 3.71. The summed E-state index contributed by atoms with van der Waals surface area (Å²) in [5.74, 6) is -7.91. The number of aliphatic hydroxyl groups excluding tert-OH is 1. The molecule has 10 rings (SSSR count). The van der Waals surface area contributed by atoms with Crippen LogP contribution in [-0.2, 0) is 61.4 Å². The number of carbonyl (C=O) groups is 6.